The molecule has 3 rings (SSSR count). The third-order valence-corrected chi connectivity index (χ3v) is 4.29. The summed E-state index contributed by atoms with van der Waals surface area (Å²) in [5.41, 5.74) is 0. The average molecular weight is 305 g/mol. The number of carbonyl (C=O) groups is 1. The van der Waals surface area contributed by atoms with Crippen LogP contribution in [0, 0.1) is 0 Å². The Labute approximate surface area is 130 Å². The molecule has 1 atom stereocenters. The van der Waals surface area contributed by atoms with Crippen LogP contribution in [0.25, 0.3) is 0 Å². The zero-order valence-electron chi connectivity index (χ0n) is 12.9. The normalized spacial score (nSPS) is 23.4. The molecule has 1 N–H and O–H groups in total. The predicted molar refractivity (Wildman–Crippen MR) is 82.8 cm³/mol. The summed E-state index contributed by atoms with van der Waals surface area (Å²) in [7, 11) is 0. The molecule has 22 heavy (non-hydrogen) atoms. The minimum absolute atomic E-state index is 0.0326. The largest absolute Gasteiger partial charge is 0.377 e. The average Bonchev–Trinajstić information content (AvgIpc) is 2.57. The maximum Gasteiger partial charge on any atom is 0.318 e. The molecule has 0 unspecified atom stereocenters. The number of urea groups is 1. The molecule has 2 aliphatic heterocycles. The highest BCUT2D eigenvalue weighted by Gasteiger charge is 2.27. The fourth-order valence-electron chi connectivity index (χ4n) is 2.96. The van der Waals surface area contributed by atoms with Crippen molar-refractivity contribution in [2.24, 2.45) is 0 Å². The van der Waals surface area contributed by atoms with Crippen molar-refractivity contribution in [2.75, 3.05) is 37.7 Å². The van der Waals surface area contributed by atoms with Crippen LogP contribution in [0.1, 0.15) is 19.8 Å². The number of ether oxygens (including phenoxy) is 1. The molecule has 7 nitrogen and oxygen atoms in total. The minimum atomic E-state index is 0.0326. The van der Waals surface area contributed by atoms with Crippen molar-refractivity contribution in [3.05, 3.63) is 18.5 Å². The fourth-order valence-corrected chi connectivity index (χ4v) is 2.96. The molecule has 3 heterocycles. The van der Waals surface area contributed by atoms with Gasteiger partial charge in [0.2, 0.25) is 5.95 Å². The van der Waals surface area contributed by atoms with E-state index in [0.717, 1.165) is 31.9 Å². The van der Waals surface area contributed by atoms with Gasteiger partial charge in [0.1, 0.15) is 0 Å². The lowest BCUT2D eigenvalue weighted by atomic mass is 10.1. The van der Waals surface area contributed by atoms with E-state index in [1.807, 2.05) is 17.9 Å². The number of carbonyl (C=O) groups excluding carboxylic acids is 1. The molecule has 2 aliphatic rings. The van der Waals surface area contributed by atoms with Crippen LogP contribution in [0.5, 0.6) is 0 Å². The molecule has 0 spiro atoms. The lowest BCUT2D eigenvalue weighted by Gasteiger charge is -2.37. The van der Waals surface area contributed by atoms with Crippen LogP contribution in [0.15, 0.2) is 18.5 Å². The van der Waals surface area contributed by atoms with Crippen molar-refractivity contribution in [1.29, 1.82) is 0 Å². The lowest BCUT2D eigenvalue weighted by Crippen LogP contribution is -2.55. The van der Waals surface area contributed by atoms with E-state index in [-0.39, 0.29) is 18.1 Å². The first kappa shape index (κ1) is 15.0. The van der Waals surface area contributed by atoms with Gasteiger partial charge in [-0.2, -0.15) is 0 Å². The molecule has 0 radical (unpaired) electrons. The van der Waals surface area contributed by atoms with Crippen molar-refractivity contribution in [3.8, 4) is 0 Å². The number of piperidine rings is 1. The van der Waals surface area contributed by atoms with Gasteiger partial charge in [-0.25, -0.2) is 14.8 Å². The zero-order chi connectivity index (χ0) is 15.4. The Hall–Kier alpha value is -1.89. The van der Waals surface area contributed by atoms with E-state index in [1.165, 1.54) is 0 Å². The quantitative estimate of drug-likeness (QED) is 0.878. The Morgan fingerprint density at radius 3 is 2.68 bits per heavy atom. The predicted octanol–water partition coefficient (Wildman–Crippen LogP) is 0.876. The van der Waals surface area contributed by atoms with Gasteiger partial charge in [0, 0.05) is 38.1 Å². The Kier molecular flexibility index (Phi) is 4.72. The van der Waals surface area contributed by atoms with E-state index >= 15 is 0 Å². The van der Waals surface area contributed by atoms with Crippen molar-refractivity contribution < 1.29 is 9.53 Å². The second-order valence-electron chi connectivity index (χ2n) is 5.88. The minimum Gasteiger partial charge on any atom is -0.377 e. The second kappa shape index (κ2) is 6.91. The number of nitrogens with zero attached hydrogens (tertiary/aromatic N) is 4. The van der Waals surface area contributed by atoms with E-state index in [4.69, 9.17) is 4.74 Å². The van der Waals surface area contributed by atoms with Gasteiger partial charge in [-0.1, -0.05) is 0 Å². The van der Waals surface area contributed by atoms with E-state index in [9.17, 15) is 4.79 Å². The highest BCUT2D eigenvalue weighted by molar-refractivity contribution is 5.75. The maximum absolute atomic E-state index is 12.3. The summed E-state index contributed by atoms with van der Waals surface area (Å²) in [4.78, 5) is 24.9. The van der Waals surface area contributed by atoms with Gasteiger partial charge in [0.25, 0.3) is 0 Å². The first-order chi connectivity index (χ1) is 10.7. The summed E-state index contributed by atoms with van der Waals surface area (Å²) in [5, 5.41) is 3.15. The molecule has 2 fully saturated rings. The van der Waals surface area contributed by atoms with Crippen LogP contribution < -0.4 is 10.2 Å². The van der Waals surface area contributed by atoms with Crippen LogP contribution in [-0.4, -0.2) is 65.8 Å². The van der Waals surface area contributed by atoms with Crippen LogP contribution in [0.2, 0.25) is 0 Å². The molecule has 0 bridgehead atoms. The summed E-state index contributed by atoms with van der Waals surface area (Å²) in [5.74, 6) is 0.772. The molecule has 2 saturated heterocycles. The van der Waals surface area contributed by atoms with E-state index in [1.54, 1.807) is 12.4 Å². The third-order valence-electron chi connectivity index (χ3n) is 4.29. The molecular weight excluding hydrogens is 282 g/mol. The summed E-state index contributed by atoms with van der Waals surface area (Å²) in [6.07, 6.45) is 5.36. The number of aromatic nitrogens is 2. The lowest BCUT2D eigenvalue weighted by molar-refractivity contribution is 0.0182. The summed E-state index contributed by atoms with van der Waals surface area (Å²) in [6, 6.07) is 2.22. The molecule has 1 aromatic rings. The second-order valence-corrected chi connectivity index (χ2v) is 5.88. The first-order valence-electron chi connectivity index (χ1n) is 7.91. The van der Waals surface area contributed by atoms with E-state index in [0.29, 0.717) is 19.8 Å². The van der Waals surface area contributed by atoms with Crippen molar-refractivity contribution in [1.82, 2.24) is 20.2 Å². The van der Waals surface area contributed by atoms with Gasteiger partial charge in [-0.15, -0.1) is 0 Å². The standard InChI is InChI=1S/C15H23N5O2/c1-12-11-22-10-9-20(12)15(21)18-13-3-7-19(8-4-13)14-16-5-2-6-17-14/h2,5-6,12-13H,3-4,7-11H2,1H3,(H,18,21)/t12-/m1/s1. The Morgan fingerprint density at radius 2 is 2.00 bits per heavy atom. The molecule has 0 saturated carbocycles. The number of morpholine rings is 1. The van der Waals surface area contributed by atoms with Crippen LogP contribution in [0.4, 0.5) is 10.7 Å². The number of anilines is 1. The smallest absolute Gasteiger partial charge is 0.318 e. The highest BCUT2D eigenvalue weighted by atomic mass is 16.5. The zero-order valence-corrected chi connectivity index (χ0v) is 12.9. The van der Waals surface area contributed by atoms with E-state index in [2.05, 4.69) is 20.2 Å². The highest BCUT2D eigenvalue weighted by Crippen LogP contribution is 2.16. The Morgan fingerprint density at radius 1 is 1.27 bits per heavy atom. The molecule has 120 valence electrons. The van der Waals surface area contributed by atoms with Gasteiger partial charge in [0.05, 0.1) is 19.3 Å². The van der Waals surface area contributed by atoms with E-state index < -0.39 is 0 Å². The van der Waals surface area contributed by atoms with Gasteiger partial charge in [-0.3, -0.25) is 0 Å². The Balaban J connectivity index is 1.48. The summed E-state index contributed by atoms with van der Waals surface area (Å²) >= 11 is 0. The number of amides is 2. The summed E-state index contributed by atoms with van der Waals surface area (Å²) < 4.78 is 5.37. The third kappa shape index (κ3) is 3.47. The molecule has 2 amide bonds. The fraction of sp³-hybridized carbons (Fsp3) is 0.667. The number of hydrogen-bond donors (Lipinski definition) is 1. The number of rotatable bonds is 2. The van der Waals surface area contributed by atoms with Crippen LogP contribution in [0.3, 0.4) is 0 Å². The molecule has 0 aromatic carbocycles. The first-order valence-corrected chi connectivity index (χ1v) is 7.91. The Bertz CT molecular complexity index is 490. The molecule has 0 aliphatic carbocycles. The monoisotopic (exact) mass is 305 g/mol. The topological polar surface area (TPSA) is 70.6 Å². The molecule has 1 aromatic heterocycles. The number of hydrogen-bond acceptors (Lipinski definition) is 5. The molecule has 7 heteroatoms. The van der Waals surface area contributed by atoms with Crippen LogP contribution >= 0.6 is 0 Å². The number of nitrogens with one attached hydrogen (secondary N) is 1. The maximum atomic E-state index is 12.3. The van der Waals surface area contributed by atoms with Gasteiger partial charge in [0.15, 0.2) is 0 Å². The van der Waals surface area contributed by atoms with Crippen LogP contribution in [-0.2, 0) is 4.74 Å². The summed E-state index contributed by atoms with van der Waals surface area (Å²) in [6.45, 7) is 5.68. The van der Waals surface area contributed by atoms with Crippen molar-refractivity contribution >= 4 is 12.0 Å². The van der Waals surface area contributed by atoms with Gasteiger partial charge in [-0.05, 0) is 25.8 Å². The van der Waals surface area contributed by atoms with Gasteiger partial charge < -0.3 is 19.9 Å². The van der Waals surface area contributed by atoms with Gasteiger partial charge >= 0.3 is 6.03 Å². The SMILES string of the molecule is C[C@@H]1COCCN1C(=O)NC1CCN(c2ncccn2)CC1. The van der Waals surface area contributed by atoms with Crippen molar-refractivity contribution in [2.45, 2.75) is 31.8 Å². The van der Waals surface area contributed by atoms with Crippen molar-refractivity contribution in [3.63, 3.8) is 0 Å². The molecular formula is C15H23N5O2.